The molecule has 0 spiro atoms. The number of phenolic OH excluding ortho intramolecular Hbond substituents is 1. The minimum Gasteiger partial charge on any atom is -0.508 e. The molecule has 0 saturated heterocycles. The van der Waals surface area contributed by atoms with Gasteiger partial charge in [-0.3, -0.25) is 0 Å². The van der Waals surface area contributed by atoms with E-state index in [1.165, 1.54) is 0 Å². The van der Waals surface area contributed by atoms with Gasteiger partial charge in [-0.15, -0.1) is 0 Å². The summed E-state index contributed by atoms with van der Waals surface area (Å²) >= 11 is 0. The van der Waals surface area contributed by atoms with Gasteiger partial charge in [0.05, 0.1) is 0 Å². The molecule has 0 unspecified atom stereocenters. The Morgan fingerprint density at radius 2 is 1.90 bits per heavy atom. The van der Waals surface area contributed by atoms with Crippen molar-refractivity contribution in [2.75, 3.05) is 0 Å². The van der Waals surface area contributed by atoms with Crippen molar-refractivity contribution < 1.29 is 9.50 Å². The lowest BCUT2D eigenvalue weighted by molar-refractivity contribution is 0.475. The Kier molecular flexibility index (Phi) is 2.26. The van der Waals surface area contributed by atoms with Crippen molar-refractivity contribution in [1.29, 1.82) is 0 Å². The molecule has 1 nitrogen and oxygen atoms in total. The van der Waals surface area contributed by atoms with Gasteiger partial charge in [0.25, 0.3) is 0 Å². The van der Waals surface area contributed by atoms with Gasteiger partial charge in [-0.25, -0.2) is 4.39 Å². The lowest BCUT2D eigenvalue weighted by Crippen LogP contribution is -1.79. The van der Waals surface area contributed by atoms with Crippen molar-refractivity contribution in [1.82, 2.24) is 0 Å². The van der Waals surface area contributed by atoms with Crippen LogP contribution in [0, 0.1) is 6.67 Å². The first-order chi connectivity index (χ1) is 4.83. The van der Waals surface area contributed by atoms with Crippen LogP contribution in [0.1, 0.15) is 5.56 Å². The molecular formula is C8H8FO. The molecule has 1 aromatic rings. The fourth-order valence-corrected chi connectivity index (χ4v) is 0.721. The normalized spacial score (nSPS) is 9.70. The molecule has 1 N–H and O–H groups in total. The fourth-order valence-electron chi connectivity index (χ4n) is 0.721. The quantitative estimate of drug-likeness (QED) is 0.665. The van der Waals surface area contributed by atoms with E-state index in [1.54, 1.807) is 24.3 Å². The lowest BCUT2D eigenvalue weighted by Gasteiger charge is -1.94. The second-order valence-electron chi connectivity index (χ2n) is 2.02. The Balaban J connectivity index is 2.69. The van der Waals surface area contributed by atoms with Crippen LogP contribution in [0.4, 0.5) is 4.39 Å². The number of benzene rings is 1. The van der Waals surface area contributed by atoms with Gasteiger partial charge in [0.15, 0.2) is 0 Å². The maximum atomic E-state index is 11.6. The van der Waals surface area contributed by atoms with Crippen LogP contribution in [-0.2, 0) is 6.42 Å². The minimum absolute atomic E-state index is 0.211. The number of halogens is 1. The zero-order valence-electron chi connectivity index (χ0n) is 5.42. The number of phenols is 1. The molecule has 0 saturated carbocycles. The van der Waals surface area contributed by atoms with Crippen molar-refractivity contribution in [2.24, 2.45) is 0 Å². The predicted molar refractivity (Wildman–Crippen MR) is 37.2 cm³/mol. The molecule has 0 atom stereocenters. The third kappa shape index (κ3) is 1.72. The van der Waals surface area contributed by atoms with Crippen molar-refractivity contribution >= 4 is 0 Å². The monoisotopic (exact) mass is 139 g/mol. The summed E-state index contributed by atoms with van der Waals surface area (Å²) in [6.07, 6.45) is 0.306. The molecule has 0 fully saturated rings. The summed E-state index contributed by atoms with van der Waals surface area (Å²) < 4.78 is 11.6. The van der Waals surface area contributed by atoms with Crippen LogP contribution in [0.25, 0.3) is 0 Å². The highest BCUT2D eigenvalue weighted by atomic mass is 19.1. The molecule has 10 heavy (non-hydrogen) atoms. The molecule has 1 aromatic carbocycles. The summed E-state index contributed by atoms with van der Waals surface area (Å²) in [4.78, 5) is 0. The predicted octanol–water partition coefficient (Wildman–Crippen LogP) is 2.07. The highest BCUT2D eigenvalue weighted by Gasteiger charge is 1.91. The van der Waals surface area contributed by atoms with Crippen LogP contribution in [0.15, 0.2) is 24.3 Å². The Morgan fingerprint density at radius 1 is 1.30 bits per heavy atom. The summed E-state index contributed by atoms with van der Waals surface area (Å²) in [6, 6.07) is 6.45. The molecule has 0 aliphatic heterocycles. The van der Waals surface area contributed by atoms with E-state index in [9.17, 15) is 4.39 Å². The van der Waals surface area contributed by atoms with Crippen molar-refractivity contribution in [2.45, 2.75) is 6.42 Å². The summed E-state index contributed by atoms with van der Waals surface area (Å²) in [7, 11) is 0. The van der Waals surface area contributed by atoms with E-state index in [0.29, 0.717) is 13.1 Å². The van der Waals surface area contributed by atoms with Crippen molar-refractivity contribution in [3.63, 3.8) is 0 Å². The second-order valence-corrected chi connectivity index (χ2v) is 2.02. The lowest BCUT2D eigenvalue weighted by atomic mass is 10.2. The Hall–Kier alpha value is -1.05. The largest absolute Gasteiger partial charge is 0.508 e. The van der Waals surface area contributed by atoms with Crippen molar-refractivity contribution in [3.05, 3.63) is 36.5 Å². The van der Waals surface area contributed by atoms with Gasteiger partial charge in [0.1, 0.15) is 12.4 Å². The average molecular weight is 139 g/mol. The molecule has 0 aliphatic carbocycles. The van der Waals surface area contributed by atoms with E-state index in [2.05, 4.69) is 0 Å². The highest BCUT2D eigenvalue weighted by Crippen LogP contribution is 2.10. The van der Waals surface area contributed by atoms with Gasteiger partial charge in [-0.05, 0) is 17.7 Å². The maximum absolute atomic E-state index is 11.6. The Labute approximate surface area is 59.1 Å². The summed E-state index contributed by atoms with van der Waals surface area (Å²) in [5.74, 6) is 0.211. The first-order valence-electron chi connectivity index (χ1n) is 3.02. The topological polar surface area (TPSA) is 20.2 Å². The Morgan fingerprint density at radius 3 is 2.40 bits per heavy atom. The SMILES string of the molecule is Oc1ccc(C[CH]F)cc1. The summed E-state index contributed by atoms with van der Waals surface area (Å²) in [5.41, 5.74) is 0.861. The molecule has 0 aliphatic rings. The van der Waals surface area contributed by atoms with Crippen molar-refractivity contribution in [3.8, 4) is 5.75 Å². The molecule has 1 rings (SSSR count). The van der Waals surface area contributed by atoms with Crippen LogP contribution in [-0.4, -0.2) is 5.11 Å². The standard InChI is InChI=1S/C8H8FO/c9-6-5-7-1-3-8(10)4-2-7/h1-4,6,10H,5H2. The van der Waals surface area contributed by atoms with Crippen LogP contribution < -0.4 is 0 Å². The van der Waals surface area contributed by atoms with Gasteiger partial charge in [-0.2, -0.15) is 0 Å². The molecule has 2 heteroatoms. The van der Waals surface area contributed by atoms with E-state index < -0.39 is 0 Å². The van der Waals surface area contributed by atoms with Gasteiger partial charge in [0, 0.05) is 6.42 Å². The van der Waals surface area contributed by atoms with E-state index in [-0.39, 0.29) is 5.75 Å². The number of hydrogen-bond acceptors (Lipinski definition) is 1. The van der Waals surface area contributed by atoms with Gasteiger partial charge >= 0.3 is 0 Å². The first kappa shape index (κ1) is 7.06. The van der Waals surface area contributed by atoms with Crippen LogP contribution in [0.3, 0.4) is 0 Å². The van der Waals surface area contributed by atoms with Gasteiger partial charge in [-0.1, -0.05) is 12.1 Å². The molecule has 53 valence electrons. The molecule has 0 amide bonds. The third-order valence-corrected chi connectivity index (χ3v) is 1.25. The molecule has 0 aromatic heterocycles. The smallest absolute Gasteiger partial charge is 0.135 e. The maximum Gasteiger partial charge on any atom is 0.135 e. The highest BCUT2D eigenvalue weighted by molar-refractivity contribution is 5.26. The zero-order valence-corrected chi connectivity index (χ0v) is 5.42. The minimum atomic E-state index is 0.211. The Bertz CT molecular complexity index is 193. The molecular weight excluding hydrogens is 131 g/mol. The number of aromatic hydroxyl groups is 1. The fraction of sp³-hybridized carbons (Fsp3) is 0.125. The van der Waals surface area contributed by atoms with E-state index in [4.69, 9.17) is 5.11 Å². The number of hydrogen-bond donors (Lipinski definition) is 1. The summed E-state index contributed by atoms with van der Waals surface area (Å²) in [6.45, 7) is 0.590. The van der Waals surface area contributed by atoms with Gasteiger partial charge < -0.3 is 5.11 Å². The zero-order chi connectivity index (χ0) is 7.40. The molecule has 0 heterocycles. The summed E-state index contributed by atoms with van der Waals surface area (Å²) in [5, 5.41) is 8.82. The second kappa shape index (κ2) is 3.20. The van der Waals surface area contributed by atoms with E-state index in [0.717, 1.165) is 5.56 Å². The van der Waals surface area contributed by atoms with Crippen LogP contribution in [0.5, 0.6) is 5.75 Å². The van der Waals surface area contributed by atoms with Crippen LogP contribution >= 0.6 is 0 Å². The number of rotatable bonds is 2. The van der Waals surface area contributed by atoms with Gasteiger partial charge in [0.2, 0.25) is 0 Å². The average Bonchev–Trinajstić information content (AvgIpc) is 1.95. The van der Waals surface area contributed by atoms with Crippen LogP contribution in [0.2, 0.25) is 0 Å². The van der Waals surface area contributed by atoms with E-state index >= 15 is 0 Å². The third-order valence-electron chi connectivity index (χ3n) is 1.25. The molecule has 0 bridgehead atoms. The first-order valence-corrected chi connectivity index (χ1v) is 3.02. The van der Waals surface area contributed by atoms with E-state index in [1.807, 2.05) is 0 Å². The molecule has 1 radical (unpaired) electrons.